The van der Waals surface area contributed by atoms with Gasteiger partial charge in [0, 0.05) is 24.6 Å². The number of nitrogens with two attached hydrogens (primary N) is 1. The molecule has 2 aliphatic heterocycles. The second-order valence-electron chi connectivity index (χ2n) is 5.44. The number of aromatic nitrogens is 2. The number of aryl methyl sites for hydroxylation is 1. The molecule has 2 aliphatic rings. The molecule has 0 aliphatic carbocycles. The summed E-state index contributed by atoms with van der Waals surface area (Å²) >= 11 is 0. The third-order valence-corrected chi connectivity index (χ3v) is 4.20. The van der Waals surface area contributed by atoms with Crippen LogP contribution in [-0.4, -0.2) is 33.3 Å². The number of hydrogen-bond acceptors (Lipinski definition) is 6. The van der Waals surface area contributed by atoms with Crippen LogP contribution >= 0.6 is 0 Å². The number of aliphatic hydroxyl groups excluding tert-OH is 1. The average molecular weight is 263 g/mol. The van der Waals surface area contributed by atoms with Gasteiger partial charge in [-0.1, -0.05) is 6.92 Å². The van der Waals surface area contributed by atoms with E-state index in [0.717, 1.165) is 43.7 Å². The first-order valence-corrected chi connectivity index (χ1v) is 7.02. The molecular formula is C13H21N5O. The van der Waals surface area contributed by atoms with Crippen LogP contribution in [0.15, 0.2) is 6.07 Å². The molecular weight excluding hydrogens is 242 g/mol. The Morgan fingerprint density at radius 2 is 2.05 bits per heavy atom. The highest BCUT2D eigenvalue weighted by molar-refractivity contribution is 5.51. The Labute approximate surface area is 113 Å². The van der Waals surface area contributed by atoms with E-state index in [9.17, 15) is 5.11 Å². The van der Waals surface area contributed by atoms with E-state index in [1.54, 1.807) is 0 Å². The first-order chi connectivity index (χ1) is 9.21. The zero-order valence-corrected chi connectivity index (χ0v) is 11.2. The highest BCUT2D eigenvalue weighted by Gasteiger charge is 2.41. The van der Waals surface area contributed by atoms with E-state index < -0.39 is 0 Å². The Morgan fingerprint density at radius 1 is 1.37 bits per heavy atom. The van der Waals surface area contributed by atoms with Crippen molar-refractivity contribution in [2.45, 2.75) is 57.2 Å². The molecule has 1 aromatic heterocycles. The molecule has 6 heteroatoms. The topological polar surface area (TPSA) is 87.3 Å². The standard InChI is InChI=1S/C13H21N5O/c1-2-11-15-12(17-14)7-13(16-11)18-8-3-4-9(18)6-10(19)5-8/h7-10,19H,2-6,14H2,1H3,(H,15,16,17). The van der Waals surface area contributed by atoms with E-state index in [1.165, 1.54) is 0 Å². The van der Waals surface area contributed by atoms with E-state index in [2.05, 4.69) is 20.3 Å². The van der Waals surface area contributed by atoms with Gasteiger partial charge in [0.15, 0.2) is 0 Å². The summed E-state index contributed by atoms with van der Waals surface area (Å²) in [5.41, 5.74) is 2.61. The van der Waals surface area contributed by atoms with Crippen molar-refractivity contribution in [3.63, 3.8) is 0 Å². The monoisotopic (exact) mass is 263 g/mol. The summed E-state index contributed by atoms with van der Waals surface area (Å²) in [6.07, 6.45) is 4.58. The highest BCUT2D eigenvalue weighted by Crippen LogP contribution is 2.38. The summed E-state index contributed by atoms with van der Waals surface area (Å²) in [6, 6.07) is 2.71. The van der Waals surface area contributed by atoms with Crippen molar-refractivity contribution in [1.82, 2.24) is 9.97 Å². The molecule has 1 aromatic rings. The maximum absolute atomic E-state index is 9.86. The minimum absolute atomic E-state index is 0.159. The van der Waals surface area contributed by atoms with Crippen molar-refractivity contribution < 1.29 is 5.11 Å². The molecule has 0 aromatic carbocycles. The molecule has 0 amide bonds. The quantitative estimate of drug-likeness (QED) is 0.553. The number of hydrazine groups is 1. The van der Waals surface area contributed by atoms with E-state index >= 15 is 0 Å². The van der Waals surface area contributed by atoms with Gasteiger partial charge in [-0.25, -0.2) is 15.8 Å². The molecule has 2 atom stereocenters. The van der Waals surface area contributed by atoms with Gasteiger partial charge in [-0.2, -0.15) is 0 Å². The SMILES string of the molecule is CCc1nc(NN)cc(N2C3CCC2CC(O)C3)n1. The number of fused-ring (bicyclic) bond motifs is 2. The number of aliphatic hydroxyl groups is 1. The molecule has 19 heavy (non-hydrogen) atoms. The number of anilines is 2. The van der Waals surface area contributed by atoms with Crippen LogP contribution in [0.5, 0.6) is 0 Å². The van der Waals surface area contributed by atoms with Crippen LogP contribution in [-0.2, 0) is 6.42 Å². The Balaban J connectivity index is 1.94. The molecule has 0 saturated carbocycles. The molecule has 4 N–H and O–H groups in total. The van der Waals surface area contributed by atoms with Gasteiger partial charge in [0.25, 0.3) is 0 Å². The number of rotatable bonds is 3. The fourth-order valence-electron chi connectivity index (χ4n) is 3.37. The molecule has 3 rings (SSSR count). The van der Waals surface area contributed by atoms with Crippen LogP contribution in [0.1, 0.15) is 38.4 Å². The van der Waals surface area contributed by atoms with Crippen LogP contribution in [0.25, 0.3) is 0 Å². The van der Waals surface area contributed by atoms with Crippen molar-refractivity contribution in [2.24, 2.45) is 5.84 Å². The van der Waals surface area contributed by atoms with Crippen molar-refractivity contribution in [1.29, 1.82) is 0 Å². The number of nitrogens with one attached hydrogen (secondary N) is 1. The highest BCUT2D eigenvalue weighted by atomic mass is 16.3. The lowest BCUT2D eigenvalue weighted by Crippen LogP contribution is -2.45. The summed E-state index contributed by atoms with van der Waals surface area (Å²) in [6.45, 7) is 2.04. The van der Waals surface area contributed by atoms with E-state index in [0.29, 0.717) is 17.9 Å². The molecule has 6 nitrogen and oxygen atoms in total. The molecule has 104 valence electrons. The summed E-state index contributed by atoms with van der Waals surface area (Å²) in [7, 11) is 0. The van der Waals surface area contributed by atoms with Gasteiger partial charge in [0.05, 0.1) is 6.10 Å². The lowest BCUT2D eigenvalue weighted by atomic mass is 10.00. The average Bonchev–Trinajstić information content (AvgIpc) is 2.70. The van der Waals surface area contributed by atoms with Crippen LogP contribution in [0.2, 0.25) is 0 Å². The smallest absolute Gasteiger partial charge is 0.145 e. The summed E-state index contributed by atoms with van der Waals surface area (Å²) in [5, 5.41) is 9.86. The predicted molar refractivity (Wildman–Crippen MR) is 73.7 cm³/mol. The second kappa shape index (κ2) is 4.94. The summed E-state index contributed by atoms with van der Waals surface area (Å²) in [5.74, 6) is 7.89. The van der Waals surface area contributed by atoms with Crippen molar-refractivity contribution in [3.8, 4) is 0 Å². The van der Waals surface area contributed by atoms with Gasteiger partial charge in [-0.15, -0.1) is 0 Å². The Bertz CT molecular complexity index is 430. The third kappa shape index (κ3) is 2.26. The van der Waals surface area contributed by atoms with Gasteiger partial charge in [-0.05, 0) is 25.7 Å². The van der Waals surface area contributed by atoms with Crippen LogP contribution in [0, 0.1) is 0 Å². The zero-order valence-electron chi connectivity index (χ0n) is 11.2. The zero-order chi connectivity index (χ0) is 13.4. The van der Waals surface area contributed by atoms with Gasteiger partial charge >= 0.3 is 0 Å². The number of piperidine rings is 1. The van der Waals surface area contributed by atoms with Crippen LogP contribution < -0.4 is 16.2 Å². The lowest BCUT2D eigenvalue weighted by molar-refractivity contribution is 0.126. The van der Waals surface area contributed by atoms with Crippen molar-refractivity contribution >= 4 is 11.6 Å². The van der Waals surface area contributed by atoms with E-state index in [-0.39, 0.29) is 6.10 Å². The van der Waals surface area contributed by atoms with Gasteiger partial charge in [0.2, 0.25) is 0 Å². The first kappa shape index (κ1) is 12.6. The summed E-state index contributed by atoms with van der Waals surface area (Å²) in [4.78, 5) is 11.3. The van der Waals surface area contributed by atoms with E-state index in [4.69, 9.17) is 5.84 Å². The Kier molecular flexibility index (Phi) is 3.28. The maximum Gasteiger partial charge on any atom is 0.145 e. The molecule has 0 radical (unpaired) electrons. The molecule has 2 bridgehead atoms. The van der Waals surface area contributed by atoms with Crippen molar-refractivity contribution in [2.75, 3.05) is 10.3 Å². The normalized spacial score (nSPS) is 29.6. The fraction of sp³-hybridized carbons (Fsp3) is 0.692. The van der Waals surface area contributed by atoms with E-state index in [1.807, 2.05) is 13.0 Å². The first-order valence-electron chi connectivity index (χ1n) is 7.02. The third-order valence-electron chi connectivity index (χ3n) is 4.20. The lowest BCUT2D eigenvalue weighted by Gasteiger charge is -2.38. The molecule has 3 heterocycles. The van der Waals surface area contributed by atoms with Gasteiger partial charge < -0.3 is 15.4 Å². The predicted octanol–water partition coefficient (Wildman–Crippen LogP) is 0.817. The Morgan fingerprint density at radius 3 is 2.63 bits per heavy atom. The number of hydrogen-bond donors (Lipinski definition) is 3. The summed E-state index contributed by atoms with van der Waals surface area (Å²) < 4.78 is 0. The molecule has 2 saturated heterocycles. The Hall–Kier alpha value is -1.40. The van der Waals surface area contributed by atoms with Gasteiger partial charge in [0.1, 0.15) is 17.5 Å². The number of nitrogen functional groups attached to an aromatic ring is 1. The fourth-order valence-corrected chi connectivity index (χ4v) is 3.37. The number of nitrogens with zero attached hydrogens (tertiary/aromatic N) is 3. The molecule has 2 unspecified atom stereocenters. The van der Waals surface area contributed by atoms with Crippen molar-refractivity contribution in [3.05, 3.63) is 11.9 Å². The molecule has 0 spiro atoms. The maximum atomic E-state index is 9.86. The largest absolute Gasteiger partial charge is 0.393 e. The minimum Gasteiger partial charge on any atom is -0.393 e. The second-order valence-corrected chi connectivity index (χ2v) is 5.44. The van der Waals surface area contributed by atoms with Crippen LogP contribution in [0.4, 0.5) is 11.6 Å². The molecule has 2 fully saturated rings. The minimum atomic E-state index is -0.159. The van der Waals surface area contributed by atoms with Gasteiger partial charge in [-0.3, -0.25) is 0 Å². The van der Waals surface area contributed by atoms with Crippen LogP contribution in [0.3, 0.4) is 0 Å².